The van der Waals surface area contributed by atoms with Gasteiger partial charge >= 0.3 is 0 Å². The van der Waals surface area contributed by atoms with Gasteiger partial charge in [0, 0.05) is 12.3 Å². The van der Waals surface area contributed by atoms with Crippen molar-refractivity contribution in [3.05, 3.63) is 29.8 Å². The Morgan fingerprint density at radius 1 is 1.16 bits per heavy atom. The second kappa shape index (κ2) is 6.74. The van der Waals surface area contributed by atoms with Crippen molar-refractivity contribution in [2.24, 2.45) is 5.92 Å². The molecule has 0 saturated heterocycles. The lowest BCUT2D eigenvalue weighted by molar-refractivity contribution is -0.123. The van der Waals surface area contributed by atoms with Crippen molar-refractivity contribution in [2.45, 2.75) is 51.9 Å². The standard InChI is InChI=1S/C17H24O2/c1-3-5-13-6-11-16(17(18)12-13)14-7-9-15(10-8-14)19-4-2/h7-10,13,16H,3-6,11-12H2,1-2H3. The van der Waals surface area contributed by atoms with Crippen molar-refractivity contribution < 1.29 is 9.53 Å². The third-order valence-electron chi connectivity index (χ3n) is 4.03. The summed E-state index contributed by atoms with van der Waals surface area (Å²) in [7, 11) is 0. The van der Waals surface area contributed by atoms with Gasteiger partial charge in [0.05, 0.1) is 6.61 Å². The van der Waals surface area contributed by atoms with Crippen molar-refractivity contribution in [3.8, 4) is 5.75 Å². The zero-order chi connectivity index (χ0) is 13.7. The minimum Gasteiger partial charge on any atom is -0.494 e. The first kappa shape index (κ1) is 14.1. The Morgan fingerprint density at radius 3 is 2.47 bits per heavy atom. The van der Waals surface area contributed by atoms with Gasteiger partial charge < -0.3 is 4.74 Å². The van der Waals surface area contributed by atoms with Gasteiger partial charge in [-0.3, -0.25) is 4.79 Å². The van der Waals surface area contributed by atoms with Crippen molar-refractivity contribution in [2.75, 3.05) is 6.61 Å². The molecule has 2 atom stereocenters. The first-order valence-corrected chi connectivity index (χ1v) is 7.50. The van der Waals surface area contributed by atoms with Crippen LogP contribution in [0.2, 0.25) is 0 Å². The molecule has 0 bridgehead atoms. The predicted molar refractivity (Wildman–Crippen MR) is 77.6 cm³/mol. The van der Waals surface area contributed by atoms with Crippen molar-refractivity contribution in [3.63, 3.8) is 0 Å². The summed E-state index contributed by atoms with van der Waals surface area (Å²) in [5.74, 6) is 2.05. The van der Waals surface area contributed by atoms with Gasteiger partial charge in [-0.2, -0.15) is 0 Å². The first-order chi connectivity index (χ1) is 9.24. The fourth-order valence-corrected chi connectivity index (χ4v) is 3.06. The van der Waals surface area contributed by atoms with Crippen LogP contribution in [0.1, 0.15) is 57.4 Å². The van der Waals surface area contributed by atoms with Crippen LogP contribution in [0.25, 0.3) is 0 Å². The Bertz CT molecular complexity index is 408. The van der Waals surface area contributed by atoms with Gasteiger partial charge in [0.15, 0.2) is 0 Å². The molecule has 1 aromatic rings. The van der Waals surface area contributed by atoms with Gasteiger partial charge in [-0.05, 0) is 43.4 Å². The van der Waals surface area contributed by atoms with Gasteiger partial charge in [-0.25, -0.2) is 0 Å². The fourth-order valence-electron chi connectivity index (χ4n) is 3.06. The highest BCUT2D eigenvalue weighted by Crippen LogP contribution is 2.35. The Morgan fingerprint density at radius 2 is 1.89 bits per heavy atom. The molecule has 1 aliphatic carbocycles. The van der Waals surface area contributed by atoms with Crippen LogP contribution in [0.5, 0.6) is 5.75 Å². The van der Waals surface area contributed by atoms with E-state index in [1.807, 2.05) is 31.2 Å². The third-order valence-corrected chi connectivity index (χ3v) is 4.03. The monoisotopic (exact) mass is 260 g/mol. The van der Waals surface area contributed by atoms with Gasteiger partial charge in [0.2, 0.25) is 0 Å². The summed E-state index contributed by atoms with van der Waals surface area (Å²) in [6.45, 7) is 4.86. The molecule has 0 amide bonds. The molecule has 2 heteroatoms. The predicted octanol–water partition coefficient (Wildman–Crippen LogP) is 4.34. The average Bonchev–Trinajstić information content (AvgIpc) is 2.41. The Labute approximate surface area is 116 Å². The normalized spacial score (nSPS) is 23.4. The third kappa shape index (κ3) is 3.59. The van der Waals surface area contributed by atoms with E-state index in [1.165, 1.54) is 19.3 Å². The van der Waals surface area contributed by atoms with Crippen LogP contribution >= 0.6 is 0 Å². The number of carbonyl (C=O) groups is 1. The molecule has 1 fully saturated rings. The largest absolute Gasteiger partial charge is 0.494 e. The maximum atomic E-state index is 12.3. The average molecular weight is 260 g/mol. The van der Waals surface area contributed by atoms with Crippen LogP contribution in [0.4, 0.5) is 0 Å². The highest BCUT2D eigenvalue weighted by molar-refractivity contribution is 5.86. The zero-order valence-electron chi connectivity index (χ0n) is 12.0. The first-order valence-electron chi connectivity index (χ1n) is 7.50. The molecule has 1 saturated carbocycles. The topological polar surface area (TPSA) is 26.3 Å². The van der Waals surface area contributed by atoms with Crippen molar-refractivity contribution in [1.29, 1.82) is 0 Å². The van der Waals surface area contributed by atoms with Gasteiger partial charge in [-0.1, -0.05) is 31.9 Å². The summed E-state index contributed by atoms with van der Waals surface area (Å²) >= 11 is 0. The molecule has 0 heterocycles. The Kier molecular flexibility index (Phi) is 5.00. The second-order valence-corrected chi connectivity index (χ2v) is 5.46. The highest BCUT2D eigenvalue weighted by atomic mass is 16.5. The number of hydrogen-bond donors (Lipinski definition) is 0. The molecule has 2 unspecified atom stereocenters. The van der Waals surface area contributed by atoms with Gasteiger partial charge in [0.1, 0.15) is 11.5 Å². The quantitative estimate of drug-likeness (QED) is 0.787. The van der Waals surface area contributed by atoms with Crippen LogP contribution in [-0.4, -0.2) is 12.4 Å². The number of carbonyl (C=O) groups excluding carboxylic acids is 1. The van der Waals surface area contributed by atoms with Gasteiger partial charge in [0.25, 0.3) is 0 Å². The molecule has 0 N–H and O–H groups in total. The molecule has 0 aliphatic heterocycles. The summed E-state index contributed by atoms with van der Waals surface area (Å²) in [5.41, 5.74) is 1.16. The molecule has 2 nitrogen and oxygen atoms in total. The van der Waals surface area contributed by atoms with E-state index in [9.17, 15) is 4.79 Å². The zero-order valence-corrected chi connectivity index (χ0v) is 12.0. The summed E-state index contributed by atoms with van der Waals surface area (Å²) in [6, 6.07) is 8.05. The molecule has 0 aromatic heterocycles. The number of rotatable bonds is 5. The number of benzene rings is 1. The number of hydrogen-bond acceptors (Lipinski definition) is 2. The van der Waals surface area contributed by atoms with E-state index in [0.29, 0.717) is 18.3 Å². The lowest BCUT2D eigenvalue weighted by atomic mass is 9.76. The van der Waals surface area contributed by atoms with Crippen LogP contribution in [0.3, 0.4) is 0 Å². The molecule has 104 valence electrons. The molecule has 19 heavy (non-hydrogen) atoms. The minimum atomic E-state index is 0.115. The molecular weight excluding hydrogens is 236 g/mol. The minimum absolute atomic E-state index is 0.115. The molecular formula is C17H24O2. The van der Waals surface area contributed by atoms with Crippen LogP contribution in [-0.2, 0) is 4.79 Å². The number of ketones is 1. The van der Waals surface area contributed by atoms with Crippen molar-refractivity contribution >= 4 is 5.78 Å². The maximum Gasteiger partial charge on any atom is 0.140 e. The second-order valence-electron chi connectivity index (χ2n) is 5.46. The fraction of sp³-hybridized carbons (Fsp3) is 0.588. The van der Waals surface area contributed by atoms with Crippen molar-refractivity contribution in [1.82, 2.24) is 0 Å². The molecule has 0 spiro atoms. The molecule has 0 radical (unpaired) electrons. The summed E-state index contributed by atoms with van der Waals surface area (Å²) in [6.07, 6.45) is 5.36. The maximum absolute atomic E-state index is 12.3. The number of Topliss-reactive ketones (excluding diaryl/α,β-unsaturated/α-hetero) is 1. The van der Waals surface area contributed by atoms with E-state index in [4.69, 9.17) is 4.74 Å². The summed E-state index contributed by atoms with van der Waals surface area (Å²) in [4.78, 5) is 12.3. The van der Waals surface area contributed by atoms with E-state index >= 15 is 0 Å². The molecule has 1 aromatic carbocycles. The smallest absolute Gasteiger partial charge is 0.140 e. The van der Waals surface area contributed by atoms with E-state index in [2.05, 4.69) is 6.92 Å². The van der Waals surface area contributed by atoms with Crippen LogP contribution < -0.4 is 4.74 Å². The molecule has 1 aliphatic rings. The number of ether oxygens (including phenoxy) is 1. The van der Waals surface area contributed by atoms with E-state index in [-0.39, 0.29) is 5.92 Å². The Balaban J connectivity index is 2.00. The van der Waals surface area contributed by atoms with E-state index in [1.54, 1.807) is 0 Å². The van der Waals surface area contributed by atoms with Crippen LogP contribution in [0.15, 0.2) is 24.3 Å². The summed E-state index contributed by atoms with van der Waals surface area (Å²) in [5, 5.41) is 0. The lowest BCUT2D eigenvalue weighted by Gasteiger charge is -2.27. The summed E-state index contributed by atoms with van der Waals surface area (Å²) < 4.78 is 5.44. The van der Waals surface area contributed by atoms with E-state index < -0.39 is 0 Å². The Hall–Kier alpha value is -1.31. The SMILES string of the molecule is CCCC1CCC(c2ccc(OCC)cc2)C(=O)C1. The highest BCUT2D eigenvalue weighted by Gasteiger charge is 2.28. The lowest BCUT2D eigenvalue weighted by Crippen LogP contribution is -2.23. The van der Waals surface area contributed by atoms with Crippen LogP contribution in [0, 0.1) is 5.92 Å². The van der Waals surface area contributed by atoms with Gasteiger partial charge in [-0.15, -0.1) is 0 Å². The molecule has 2 rings (SSSR count). The van der Waals surface area contributed by atoms with E-state index in [0.717, 1.165) is 24.2 Å².